The molecule has 0 saturated carbocycles. The first-order chi connectivity index (χ1) is 31.1. The van der Waals surface area contributed by atoms with Crippen LogP contribution in [0.15, 0.2) is 237 Å². The number of nitrogens with zero attached hydrogens (tertiary/aromatic N) is 1. The molecule has 0 fully saturated rings. The highest BCUT2D eigenvalue weighted by Crippen LogP contribution is 2.43. The van der Waals surface area contributed by atoms with E-state index in [1.165, 1.54) is 20.2 Å². The summed E-state index contributed by atoms with van der Waals surface area (Å²) in [6.45, 7) is 0. The minimum atomic E-state index is 0.627. The molecule has 0 aliphatic carbocycles. The van der Waals surface area contributed by atoms with Gasteiger partial charge in [-0.05, 0) is 168 Å². The summed E-state index contributed by atoms with van der Waals surface area (Å²) in [5.74, 6) is 0. The summed E-state index contributed by atoms with van der Waals surface area (Å²) in [7, 11) is 0. The van der Waals surface area contributed by atoms with E-state index in [0.717, 1.165) is 89.0 Å². The molecule has 11 aromatic rings. The van der Waals surface area contributed by atoms with Gasteiger partial charge >= 0.3 is 0 Å². The van der Waals surface area contributed by atoms with Crippen LogP contribution in [0.25, 0.3) is 109 Å². The van der Waals surface area contributed by atoms with Crippen molar-refractivity contribution in [1.29, 1.82) is 5.26 Å². The molecule has 0 unspecified atom stereocenters. The van der Waals surface area contributed by atoms with Gasteiger partial charge in [0.15, 0.2) is 0 Å². The van der Waals surface area contributed by atoms with Crippen molar-refractivity contribution in [3.63, 3.8) is 0 Å². The average Bonchev–Trinajstić information content (AvgIpc) is 3.76. The highest BCUT2D eigenvalue weighted by Gasteiger charge is 2.16. The van der Waals surface area contributed by atoms with E-state index in [0.29, 0.717) is 5.56 Å². The Bertz CT molecular complexity index is 3230. The molecule has 0 spiro atoms. The van der Waals surface area contributed by atoms with Crippen LogP contribution in [0.1, 0.15) is 5.56 Å². The van der Waals surface area contributed by atoms with Gasteiger partial charge in [0.2, 0.25) is 0 Å². The predicted octanol–water partition coefficient (Wildman–Crippen LogP) is 17.3. The Balaban J connectivity index is 1.16. The second kappa shape index (κ2) is 16.4. The number of hydrogen-bond donors (Lipinski definition) is 0. The quantitative estimate of drug-likeness (QED) is 0.150. The normalized spacial score (nSPS) is 11.2. The van der Waals surface area contributed by atoms with E-state index in [2.05, 4.69) is 231 Å². The minimum Gasteiger partial charge on any atom is -0.192 e. The van der Waals surface area contributed by atoms with E-state index < -0.39 is 0 Å². The van der Waals surface area contributed by atoms with Crippen LogP contribution >= 0.6 is 11.3 Å². The molecule has 0 N–H and O–H groups in total. The van der Waals surface area contributed by atoms with Crippen LogP contribution in [0.5, 0.6) is 0 Å². The van der Waals surface area contributed by atoms with E-state index in [-0.39, 0.29) is 0 Å². The molecule has 0 radical (unpaired) electrons. The highest BCUT2D eigenvalue weighted by molar-refractivity contribution is 7.26. The molecule has 1 aromatic heterocycles. The van der Waals surface area contributed by atoms with Crippen LogP contribution in [0.4, 0.5) is 0 Å². The Morgan fingerprint density at radius 1 is 0.270 bits per heavy atom. The molecule has 1 nitrogen and oxygen atoms in total. The van der Waals surface area contributed by atoms with Crippen molar-refractivity contribution >= 4 is 31.5 Å². The van der Waals surface area contributed by atoms with Crippen molar-refractivity contribution < 1.29 is 0 Å². The number of nitriles is 1. The van der Waals surface area contributed by atoms with Crippen LogP contribution in [0.2, 0.25) is 0 Å². The van der Waals surface area contributed by atoms with Gasteiger partial charge in [0, 0.05) is 20.2 Å². The van der Waals surface area contributed by atoms with Crippen molar-refractivity contribution in [2.45, 2.75) is 0 Å². The number of rotatable bonds is 8. The van der Waals surface area contributed by atoms with Gasteiger partial charge < -0.3 is 0 Å². The van der Waals surface area contributed by atoms with Gasteiger partial charge in [-0.1, -0.05) is 158 Å². The predicted molar refractivity (Wildman–Crippen MR) is 268 cm³/mol. The van der Waals surface area contributed by atoms with Crippen LogP contribution in [0, 0.1) is 11.3 Å². The fraction of sp³-hybridized carbons (Fsp3) is 0. The Kier molecular flexibility index (Phi) is 9.86. The summed E-state index contributed by atoms with van der Waals surface area (Å²) >= 11 is 1.81. The summed E-state index contributed by atoms with van der Waals surface area (Å²) in [6.07, 6.45) is 0. The number of thiophene rings is 1. The van der Waals surface area contributed by atoms with Gasteiger partial charge in [0.1, 0.15) is 0 Å². The molecular formula is C61H39NS. The zero-order valence-corrected chi connectivity index (χ0v) is 35.2. The van der Waals surface area contributed by atoms with Gasteiger partial charge in [0.05, 0.1) is 11.6 Å². The minimum absolute atomic E-state index is 0.627. The second-order valence-electron chi connectivity index (χ2n) is 16.1. The molecule has 1 heterocycles. The van der Waals surface area contributed by atoms with E-state index in [9.17, 15) is 5.26 Å². The molecule has 0 atom stereocenters. The number of hydrogen-bond acceptors (Lipinski definition) is 2. The summed E-state index contributed by atoms with van der Waals surface area (Å²) < 4.78 is 2.49. The largest absolute Gasteiger partial charge is 0.192 e. The lowest BCUT2D eigenvalue weighted by Crippen LogP contribution is -1.91. The third-order valence-corrected chi connectivity index (χ3v) is 13.2. The first kappa shape index (κ1) is 37.9. The maximum atomic E-state index is 10.6. The van der Waals surface area contributed by atoms with Gasteiger partial charge in [-0.25, -0.2) is 0 Å². The number of fused-ring (bicyclic) bond motifs is 3. The maximum Gasteiger partial charge on any atom is 0.0992 e. The Morgan fingerprint density at radius 3 is 1.00 bits per heavy atom. The average molecular weight is 818 g/mol. The fourth-order valence-corrected chi connectivity index (χ4v) is 10.1. The first-order valence-electron chi connectivity index (χ1n) is 21.3. The van der Waals surface area contributed by atoms with E-state index in [1.54, 1.807) is 0 Å². The topological polar surface area (TPSA) is 23.8 Å². The standard InChI is InChI=1S/C61H39NS/c62-40-41-28-46(39-56(29-41)57-25-15-26-59-58-24-13-14-27-60(58)63-61(57)59)51-36-54(52-32-47(42-16-5-1-6-17-42)30-48(33-52)43-18-7-2-8-19-43)38-55(37-51)53-34-49(44-20-9-3-10-21-44)31-50(35-53)45-22-11-4-12-23-45/h1-39H. The zero-order chi connectivity index (χ0) is 42.1. The Hall–Kier alpha value is -8.09. The molecule has 0 amide bonds. The summed E-state index contributed by atoms with van der Waals surface area (Å²) in [5.41, 5.74) is 18.5. The third-order valence-electron chi connectivity index (χ3n) is 12.0. The van der Waals surface area contributed by atoms with Gasteiger partial charge in [-0.15, -0.1) is 11.3 Å². The summed E-state index contributed by atoms with van der Waals surface area (Å²) in [6, 6.07) is 87.4. The van der Waals surface area contributed by atoms with Crippen LogP contribution < -0.4 is 0 Å². The monoisotopic (exact) mass is 817 g/mol. The maximum absolute atomic E-state index is 10.6. The van der Waals surface area contributed by atoms with E-state index in [4.69, 9.17) is 0 Å². The van der Waals surface area contributed by atoms with Crippen molar-refractivity contribution in [2.75, 3.05) is 0 Å². The van der Waals surface area contributed by atoms with Crippen molar-refractivity contribution in [3.8, 4) is 95.1 Å². The van der Waals surface area contributed by atoms with E-state index in [1.807, 2.05) is 23.5 Å². The fourth-order valence-electron chi connectivity index (χ4n) is 8.89. The molecule has 0 aliphatic rings. The molecule has 11 rings (SSSR count). The molecule has 0 saturated heterocycles. The summed E-state index contributed by atoms with van der Waals surface area (Å²) in [5, 5.41) is 13.1. The van der Waals surface area contributed by atoms with Crippen LogP contribution in [-0.2, 0) is 0 Å². The van der Waals surface area contributed by atoms with Crippen LogP contribution in [-0.4, -0.2) is 0 Å². The molecule has 63 heavy (non-hydrogen) atoms. The first-order valence-corrected chi connectivity index (χ1v) is 22.1. The Labute approximate surface area is 372 Å². The number of benzene rings is 10. The van der Waals surface area contributed by atoms with Crippen LogP contribution in [0.3, 0.4) is 0 Å². The second-order valence-corrected chi connectivity index (χ2v) is 17.1. The molecule has 0 bridgehead atoms. The lowest BCUT2D eigenvalue weighted by molar-refractivity contribution is 1.48. The van der Waals surface area contributed by atoms with Gasteiger partial charge in [0.25, 0.3) is 0 Å². The SMILES string of the molecule is N#Cc1cc(-c2cc(-c3cc(-c4ccccc4)cc(-c4ccccc4)c3)cc(-c3cc(-c4ccccc4)cc(-c4ccccc4)c3)c2)cc(-c2cccc3c2sc2ccccc23)c1. The zero-order valence-electron chi connectivity index (χ0n) is 34.4. The van der Waals surface area contributed by atoms with Crippen molar-refractivity contribution in [3.05, 3.63) is 242 Å². The molecule has 10 aromatic carbocycles. The molecular weight excluding hydrogens is 779 g/mol. The van der Waals surface area contributed by atoms with Gasteiger partial charge in [-0.3, -0.25) is 0 Å². The van der Waals surface area contributed by atoms with Crippen molar-refractivity contribution in [2.24, 2.45) is 0 Å². The summed E-state index contributed by atoms with van der Waals surface area (Å²) in [4.78, 5) is 0. The Morgan fingerprint density at radius 2 is 0.587 bits per heavy atom. The van der Waals surface area contributed by atoms with E-state index >= 15 is 0 Å². The lowest BCUT2D eigenvalue weighted by atomic mass is 9.87. The lowest BCUT2D eigenvalue weighted by Gasteiger charge is -2.17. The third kappa shape index (κ3) is 7.53. The molecule has 294 valence electrons. The smallest absolute Gasteiger partial charge is 0.0992 e. The van der Waals surface area contributed by atoms with Crippen molar-refractivity contribution in [1.82, 2.24) is 0 Å². The molecule has 2 heteroatoms. The van der Waals surface area contributed by atoms with Gasteiger partial charge in [-0.2, -0.15) is 5.26 Å². The molecule has 0 aliphatic heterocycles. The highest BCUT2D eigenvalue weighted by atomic mass is 32.1.